The number of para-hydroxylation sites is 1. The third-order valence-electron chi connectivity index (χ3n) is 4.17. The lowest BCUT2D eigenvalue weighted by atomic mass is 10.2. The largest absolute Gasteiger partial charge is 0.361 e. The summed E-state index contributed by atoms with van der Waals surface area (Å²) in [4.78, 5) is 32.6. The third-order valence-corrected chi connectivity index (χ3v) is 5.32. The molecule has 2 heterocycles. The molecule has 3 aromatic rings. The van der Waals surface area contributed by atoms with Crippen LogP contribution in [0.3, 0.4) is 0 Å². The molecule has 0 radical (unpaired) electrons. The van der Waals surface area contributed by atoms with Crippen LogP contribution < -0.4 is 15.9 Å². The van der Waals surface area contributed by atoms with Crippen LogP contribution in [-0.4, -0.2) is 34.7 Å². The van der Waals surface area contributed by atoms with Crippen molar-refractivity contribution in [2.45, 2.75) is 11.3 Å². The maximum Gasteiger partial charge on any atom is 0.323 e. The van der Waals surface area contributed by atoms with Crippen molar-refractivity contribution in [3.8, 4) is 0 Å². The summed E-state index contributed by atoms with van der Waals surface area (Å²) >= 11 is 1.84. The van der Waals surface area contributed by atoms with Gasteiger partial charge in [0.05, 0.1) is 23.3 Å². The highest BCUT2D eigenvalue weighted by molar-refractivity contribution is 7.99. The van der Waals surface area contributed by atoms with Crippen LogP contribution >= 0.6 is 11.8 Å². The Morgan fingerprint density at radius 1 is 1.16 bits per heavy atom. The van der Waals surface area contributed by atoms with E-state index in [9.17, 15) is 9.59 Å². The predicted octanol–water partition coefficient (Wildman–Crippen LogP) is 2.80. The van der Waals surface area contributed by atoms with Gasteiger partial charge >= 0.3 is 5.69 Å². The number of amides is 1. The van der Waals surface area contributed by atoms with Crippen molar-refractivity contribution in [2.24, 2.45) is 0 Å². The molecule has 0 saturated carbocycles. The number of carbonyl (C=O) groups is 1. The number of fused-ring (bicyclic) bond motifs is 2. The molecule has 6 nitrogen and oxygen atoms in total. The van der Waals surface area contributed by atoms with E-state index in [1.165, 1.54) is 4.90 Å². The second-order valence-corrected chi connectivity index (χ2v) is 7.12. The Morgan fingerprint density at radius 3 is 2.92 bits per heavy atom. The van der Waals surface area contributed by atoms with E-state index < -0.39 is 0 Å². The van der Waals surface area contributed by atoms with Crippen LogP contribution in [0, 0.1) is 0 Å². The lowest BCUT2D eigenvalue weighted by Gasteiger charge is -2.23. The van der Waals surface area contributed by atoms with Crippen molar-refractivity contribution in [1.29, 1.82) is 0 Å². The van der Waals surface area contributed by atoms with E-state index in [1.54, 1.807) is 18.2 Å². The van der Waals surface area contributed by atoms with Crippen molar-refractivity contribution in [1.82, 2.24) is 9.97 Å². The molecule has 7 heteroatoms. The summed E-state index contributed by atoms with van der Waals surface area (Å²) in [5, 5.41) is 2.92. The third kappa shape index (κ3) is 3.41. The molecule has 1 aliphatic rings. The summed E-state index contributed by atoms with van der Waals surface area (Å²) < 4.78 is 0. The van der Waals surface area contributed by atoms with E-state index >= 15 is 0 Å². The Labute approximate surface area is 148 Å². The Bertz CT molecular complexity index is 978. The van der Waals surface area contributed by atoms with Gasteiger partial charge in [-0.25, -0.2) is 4.79 Å². The van der Waals surface area contributed by atoms with E-state index in [1.807, 2.05) is 23.9 Å². The van der Waals surface area contributed by atoms with Crippen LogP contribution in [0.25, 0.3) is 11.0 Å². The first-order valence-corrected chi connectivity index (χ1v) is 9.16. The maximum absolute atomic E-state index is 12.5. The summed E-state index contributed by atoms with van der Waals surface area (Å²) in [5.74, 6) is 0.992. The van der Waals surface area contributed by atoms with Crippen LogP contribution in [0.1, 0.15) is 6.42 Å². The zero-order valence-electron chi connectivity index (χ0n) is 13.5. The minimum atomic E-state index is -0.253. The van der Waals surface area contributed by atoms with Gasteiger partial charge in [0.1, 0.15) is 0 Å². The molecule has 128 valence electrons. The van der Waals surface area contributed by atoms with Crippen molar-refractivity contribution >= 4 is 40.1 Å². The van der Waals surface area contributed by atoms with E-state index in [0.717, 1.165) is 29.9 Å². The molecule has 1 aliphatic heterocycles. The minimum absolute atomic E-state index is 0.0704. The molecule has 0 saturated heterocycles. The van der Waals surface area contributed by atoms with Gasteiger partial charge in [0.2, 0.25) is 5.91 Å². The van der Waals surface area contributed by atoms with E-state index in [-0.39, 0.29) is 11.6 Å². The second kappa shape index (κ2) is 6.68. The lowest BCUT2D eigenvalue weighted by Crippen LogP contribution is -2.34. The number of H-pyrrole nitrogens is 2. The van der Waals surface area contributed by atoms with Gasteiger partial charge in [-0.1, -0.05) is 12.1 Å². The first-order chi connectivity index (χ1) is 12.2. The molecule has 1 amide bonds. The number of benzene rings is 2. The average Bonchev–Trinajstić information content (AvgIpc) is 2.85. The van der Waals surface area contributed by atoms with E-state index in [2.05, 4.69) is 32.3 Å². The number of thioether (sulfide) groups is 1. The number of aromatic amines is 2. The van der Waals surface area contributed by atoms with Crippen LogP contribution in [0.2, 0.25) is 0 Å². The normalized spacial score (nSPS) is 14.2. The molecule has 4 rings (SSSR count). The smallest absolute Gasteiger partial charge is 0.323 e. The number of nitrogens with one attached hydrogen (secondary N) is 3. The SMILES string of the molecule is O=C(CN1CCCSc2ccccc21)Nc1ccc2[nH]c(=O)[nH]c2c1. The molecule has 25 heavy (non-hydrogen) atoms. The minimum Gasteiger partial charge on any atom is -0.361 e. The summed E-state index contributed by atoms with van der Waals surface area (Å²) in [5.41, 5.74) is 2.94. The van der Waals surface area contributed by atoms with Gasteiger partial charge < -0.3 is 20.2 Å². The number of hydrogen-bond acceptors (Lipinski definition) is 4. The van der Waals surface area contributed by atoms with Crippen molar-refractivity contribution < 1.29 is 4.79 Å². The molecule has 0 fully saturated rings. The molecule has 0 bridgehead atoms. The highest BCUT2D eigenvalue weighted by Gasteiger charge is 2.18. The van der Waals surface area contributed by atoms with Gasteiger partial charge in [0.25, 0.3) is 0 Å². The Balaban J connectivity index is 1.50. The zero-order chi connectivity index (χ0) is 17.2. The molecular weight excluding hydrogens is 336 g/mol. The monoisotopic (exact) mass is 354 g/mol. The predicted molar refractivity (Wildman–Crippen MR) is 102 cm³/mol. The number of hydrogen-bond donors (Lipinski definition) is 3. The summed E-state index contributed by atoms with van der Waals surface area (Å²) in [7, 11) is 0. The highest BCUT2D eigenvalue weighted by atomic mass is 32.2. The first-order valence-electron chi connectivity index (χ1n) is 8.18. The zero-order valence-corrected chi connectivity index (χ0v) is 14.4. The number of rotatable bonds is 3. The fourth-order valence-corrected chi connectivity index (χ4v) is 4.06. The standard InChI is InChI=1S/C18H18N4O2S/c23-17(19-12-6-7-13-14(10-12)21-18(24)20-13)11-22-8-3-9-25-16-5-2-1-4-15(16)22/h1-2,4-7,10H,3,8-9,11H2,(H,19,23)(H2,20,21,24). The average molecular weight is 354 g/mol. The Hall–Kier alpha value is -2.67. The lowest BCUT2D eigenvalue weighted by molar-refractivity contribution is -0.115. The molecule has 2 aromatic carbocycles. The van der Waals surface area contributed by atoms with Crippen molar-refractivity contribution in [3.63, 3.8) is 0 Å². The molecule has 3 N–H and O–H groups in total. The Kier molecular flexibility index (Phi) is 4.23. The number of nitrogens with zero attached hydrogens (tertiary/aromatic N) is 1. The molecule has 0 spiro atoms. The fourth-order valence-electron chi connectivity index (χ4n) is 3.05. The van der Waals surface area contributed by atoms with E-state index in [0.29, 0.717) is 17.7 Å². The summed E-state index contributed by atoms with van der Waals surface area (Å²) in [6.07, 6.45) is 1.04. The number of anilines is 2. The van der Waals surface area contributed by atoms with Crippen LogP contribution in [0.4, 0.5) is 11.4 Å². The van der Waals surface area contributed by atoms with Gasteiger partial charge in [-0.3, -0.25) is 4.79 Å². The molecule has 0 unspecified atom stereocenters. The summed E-state index contributed by atoms with van der Waals surface area (Å²) in [6.45, 7) is 1.17. The highest BCUT2D eigenvalue weighted by Crippen LogP contribution is 2.33. The van der Waals surface area contributed by atoms with Crippen LogP contribution in [0.5, 0.6) is 0 Å². The van der Waals surface area contributed by atoms with Crippen LogP contribution in [0.15, 0.2) is 52.2 Å². The number of aromatic nitrogens is 2. The van der Waals surface area contributed by atoms with Crippen molar-refractivity contribution in [3.05, 3.63) is 52.9 Å². The van der Waals surface area contributed by atoms with Gasteiger partial charge in [-0.2, -0.15) is 0 Å². The van der Waals surface area contributed by atoms with Gasteiger partial charge in [0, 0.05) is 17.1 Å². The van der Waals surface area contributed by atoms with Gasteiger partial charge in [-0.15, -0.1) is 11.8 Å². The first kappa shape index (κ1) is 15.8. The van der Waals surface area contributed by atoms with Crippen LogP contribution in [-0.2, 0) is 4.79 Å². The maximum atomic E-state index is 12.5. The molecular formula is C18H18N4O2S. The molecule has 1 aromatic heterocycles. The topological polar surface area (TPSA) is 81.0 Å². The second-order valence-electron chi connectivity index (χ2n) is 5.98. The van der Waals surface area contributed by atoms with Gasteiger partial charge in [-0.05, 0) is 42.5 Å². The fraction of sp³-hybridized carbons (Fsp3) is 0.222. The number of imidazole rings is 1. The number of carbonyl (C=O) groups excluding carboxylic acids is 1. The van der Waals surface area contributed by atoms with Crippen molar-refractivity contribution in [2.75, 3.05) is 29.1 Å². The van der Waals surface area contributed by atoms with E-state index in [4.69, 9.17) is 0 Å². The molecule has 0 aliphatic carbocycles. The Morgan fingerprint density at radius 2 is 2.00 bits per heavy atom. The van der Waals surface area contributed by atoms with Gasteiger partial charge in [0.15, 0.2) is 0 Å². The molecule has 0 atom stereocenters. The quantitative estimate of drug-likeness (QED) is 0.676. The summed E-state index contributed by atoms with van der Waals surface area (Å²) in [6, 6.07) is 13.5.